The second-order valence-corrected chi connectivity index (χ2v) is 6.73. The SMILES string of the molecule is CC(C)(C(=O)NCc1ccnc(Oc2ccc(F)cc2)c1)c1ccccc1. The maximum atomic E-state index is 13.0. The molecule has 5 heteroatoms. The first-order valence-electron chi connectivity index (χ1n) is 8.67. The van der Waals surface area contributed by atoms with Gasteiger partial charge < -0.3 is 10.1 Å². The Morgan fingerprint density at radius 1 is 1.07 bits per heavy atom. The summed E-state index contributed by atoms with van der Waals surface area (Å²) >= 11 is 0. The first-order valence-corrected chi connectivity index (χ1v) is 8.67. The average molecular weight is 364 g/mol. The highest BCUT2D eigenvalue weighted by Gasteiger charge is 2.29. The summed E-state index contributed by atoms with van der Waals surface area (Å²) in [5.41, 5.74) is 1.18. The third kappa shape index (κ3) is 4.70. The van der Waals surface area contributed by atoms with Crippen molar-refractivity contribution in [3.63, 3.8) is 0 Å². The van der Waals surface area contributed by atoms with E-state index in [0.29, 0.717) is 18.2 Å². The lowest BCUT2D eigenvalue weighted by atomic mass is 9.84. The number of nitrogens with zero attached hydrogens (tertiary/aromatic N) is 1. The number of rotatable bonds is 6. The number of hydrogen-bond donors (Lipinski definition) is 1. The molecule has 0 saturated heterocycles. The van der Waals surface area contributed by atoms with Crippen LogP contribution in [0.1, 0.15) is 25.0 Å². The summed E-state index contributed by atoms with van der Waals surface area (Å²) in [4.78, 5) is 16.8. The van der Waals surface area contributed by atoms with Gasteiger partial charge in [0, 0.05) is 18.8 Å². The number of carbonyl (C=O) groups excluding carboxylic acids is 1. The monoisotopic (exact) mass is 364 g/mol. The molecule has 3 rings (SSSR count). The van der Waals surface area contributed by atoms with Gasteiger partial charge in [-0.15, -0.1) is 0 Å². The second-order valence-electron chi connectivity index (χ2n) is 6.73. The van der Waals surface area contributed by atoms with Crippen LogP contribution < -0.4 is 10.1 Å². The van der Waals surface area contributed by atoms with E-state index in [2.05, 4.69) is 10.3 Å². The van der Waals surface area contributed by atoms with Crippen LogP contribution in [0, 0.1) is 5.82 Å². The first kappa shape index (κ1) is 18.6. The van der Waals surface area contributed by atoms with E-state index in [-0.39, 0.29) is 11.7 Å². The maximum Gasteiger partial charge on any atom is 0.230 e. The summed E-state index contributed by atoms with van der Waals surface area (Å²) < 4.78 is 18.6. The zero-order chi connectivity index (χ0) is 19.3. The summed E-state index contributed by atoms with van der Waals surface area (Å²) in [5.74, 6) is 0.491. The Bertz CT molecular complexity index is 909. The number of ether oxygens (including phenoxy) is 1. The van der Waals surface area contributed by atoms with Crippen LogP contribution >= 0.6 is 0 Å². The summed E-state index contributed by atoms with van der Waals surface area (Å²) in [6.45, 7) is 4.15. The number of carbonyl (C=O) groups is 1. The smallest absolute Gasteiger partial charge is 0.230 e. The third-order valence-electron chi connectivity index (χ3n) is 4.35. The lowest BCUT2D eigenvalue weighted by Gasteiger charge is -2.24. The largest absolute Gasteiger partial charge is 0.439 e. The molecule has 1 heterocycles. The van der Waals surface area contributed by atoms with Gasteiger partial charge in [-0.2, -0.15) is 0 Å². The number of halogens is 1. The fourth-order valence-electron chi connectivity index (χ4n) is 2.63. The topological polar surface area (TPSA) is 51.2 Å². The van der Waals surface area contributed by atoms with Crippen LogP contribution in [-0.2, 0) is 16.8 Å². The Morgan fingerprint density at radius 3 is 2.48 bits per heavy atom. The Morgan fingerprint density at radius 2 is 1.78 bits per heavy atom. The predicted octanol–water partition coefficient (Wildman–Crippen LogP) is 4.61. The lowest BCUT2D eigenvalue weighted by molar-refractivity contribution is -0.125. The molecule has 27 heavy (non-hydrogen) atoms. The van der Waals surface area contributed by atoms with Crippen molar-refractivity contribution in [2.24, 2.45) is 0 Å². The minimum Gasteiger partial charge on any atom is -0.439 e. The molecule has 1 amide bonds. The molecule has 0 atom stereocenters. The molecule has 3 aromatic rings. The van der Waals surface area contributed by atoms with Crippen LogP contribution in [0.25, 0.3) is 0 Å². The van der Waals surface area contributed by atoms with Crippen molar-refractivity contribution < 1.29 is 13.9 Å². The highest BCUT2D eigenvalue weighted by atomic mass is 19.1. The van der Waals surface area contributed by atoms with E-state index in [0.717, 1.165) is 11.1 Å². The molecule has 138 valence electrons. The van der Waals surface area contributed by atoms with Gasteiger partial charge in [-0.05, 0) is 55.3 Å². The molecule has 0 bridgehead atoms. The molecular formula is C22H21FN2O2. The van der Waals surface area contributed by atoms with Gasteiger partial charge in [0.25, 0.3) is 0 Å². The Balaban J connectivity index is 1.64. The molecule has 0 spiro atoms. The highest BCUT2D eigenvalue weighted by Crippen LogP contribution is 2.24. The van der Waals surface area contributed by atoms with Gasteiger partial charge in [-0.1, -0.05) is 30.3 Å². The molecule has 0 aliphatic rings. The van der Waals surface area contributed by atoms with Crippen molar-refractivity contribution >= 4 is 5.91 Å². The predicted molar refractivity (Wildman–Crippen MR) is 102 cm³/mol. The standard InChI is InChI=1S/C22H21FN2O2/c1-22(2,17-6-4-3-5-7-17)21(26)25-15-16-12-13-24-20(14-16)27-19-10-8-18(23)9-11-19/h3-14H,15H2,1-2H3,(H,25,26). The fraction of sp³-hybridized carbons (Fsp3) is 0.182. The number of amides is 1. The van der Waals surface area contributed by atoms with E-state index in [4.69, 9.17) is 4.74 Å². The van der Waals surface area contributed by atoms with Crippen LogP contribution in [0.4, 0.5) is 4.39 Å². The molecule has 0 unspecified atom stereocenters. The van der Waals surface area contributed by atoms with Crippen molar-refractivity contribution in [1.29, 1.82) is 0 Å². The van der Waals surface area contributed by atoms with Crippen molar-refractivity contribution in [2.75, 3.05) is 0 Å². The van der Waals surface area contributed by atoms with Crippen molar-refractivity contribution in [1.82, 2.24) is 10.3 Å². The van der Waals surface area contributed by atoms with Crippen LogP contribution in [0.15, 0.2) is 72.9 Å². The van der Waals surface area contributed by atoms with Crippen LogP contribution in [0.5, 0.6) is 11.6 Å². The van der Waals surface area contributed by atoms with Gasteiger partial charge in [0.2, 0.25) is 11.8 Å². The summed E-state index contributed by atoms with van der Waals surface area (Å²) in [7, 11) is 0. The number of aromatic nitrogens is 1. The maximum absolute atomic E-state index is 13.0. The van der Waals surface area contributed by atoms with Gasteiger partial charge in [-0.3, -0.25) is 4.79 Å². The molecule has 0 aliphatic heterocycles. The van der Waals surface area contributed by atoms with Crippen molar-refractivity contribution in [3.8, 4) is 11.6 Å². The molecule has 1 N–H and O–H groups in total. The molecule has 2 aromatic carbocycles. The summed E-state index contributed by atoms with van der Waals surface area (Å²) in [6.07, 6.45) is 1.61. The molecule has 0 fully saturated rings. The highest BCUT2D eigenvalue weighted by molar-refractivity contribution is 5.87. The summed E-state index contributed by atoms with van der Waals surface area (Å²) in [6, 6.07) is 18.9. The quantitative estimate of drug-likeness (QED) is 0.695. The van der Waals surface area contributed by atoms with E-state index < -0.39 is 5.41 Å². The minimum absolute atomic E-state index is 0.0634. The minimum atomic E-state index is -0.637. The van der Waals surface area contributed by atoms with Gasteiger partial charge in [0.15, 0.2) is 0 Å². The van der Waals surface area contributed by atoms with Crippen molar-refractivity contribution in [3.05, 3.63) is 89.9 Å². The van der Waals surface area contributed by atoms with E-state index >= 15 is 0 Å². The van der Waals surface area contributed by atoms with E-state index in [1.807, 2.05) is 50.2 Å². The molecule has 4 nitrogen and oxygen atoms in total. The Labute approximate surface area is 158 Å². The van der Waals surface area contributed by atoms with Crippen LogP contribution in [-0.4, -0.2) is 10.9 Å². The van der Waals surface area contributed by atoms with Crippen molar-refractivity contribution in [2.45, 2.75) is 25.8 Å². The van der Waals surface area contributed by atoms with Gasteiger partial charge in [0.1, 0.15) is 11.6 Å². The molecule has 0 saturated carbocycles. The number of nitrogens with one attached hydrogen (secondary N) is 1. The summed E-state index contributed by atoms with van der Waals surface area (Å²) in [5, 5.41) is 2.96. The van der Waals surface area contributed by atoms with Gasteiger partial charge in [-0.25, -0.2) is 9.37 Å². The first-order chi connectivity index (χ1) is 12.9. The number of pyridine rings is 1. The zero-order valence-corrected chi connectivity index (χ0v) is 15.3. The molecule has 0 radical (unpaired) electrons. The molecule has 1 aromatic heterocycles. The van der Waals surface area contributed by atoms with Crippen LogP contribution in [0.3, 0.4) is 0 Å². The van der Waals surface area contributed by atoms with E-state index in [1.165, 1.54) is 24.3 Å². The zero-order valence-electron chi connectivity index (χ0n) is 15.3. The van der Waals surface area contributed by atoms with E-state index in [9.17, 15) is 9.18 Å². The van der Waals surface area contributed by atoms with Gasteiger partial charge in [0.05, 0.1) is 5.41 Å². The number of hydrogen-bond acceptors (Lipinski definition) is 3. The van der Waals surface area contributed by atoms with E-state index in [1.54, 1.807) is 12.3 Å². The average Bonchev–Trinajstić information content (AvgIpc) is 2.69. The van der Waals surface area contributed by atoms with Gasteiger partial charge >= 0.3 is 0 Å². The van der Waals surface area contributed by atoms with Crippen LogP contribution in [0.2, 0.25) is 0 Å². The number of benzene rings is 2. The second kappa shape index (κ2) is 7.99. The molecular weight excluding hydrogens is 343 g/mol. The molecule has 0 aliphatic carbocycles. The lowest BCUT2D eigenvalue weighted by Crippen LogP contribution is -2.39. The Kier molecular flexibility index (Phi) is 5.50. The third-order valence-corrected chi connectivity index (χ3v) is 4.35. The normalized spacial score (nSPS) is 11.1. The Hall–Kier alpha value is -3.21. The fourth-order valence-corrected chi connectivity index (χ4v) is 2.63.